The Morgan fingerprint density at radius 3 is 2.73 bits per heavy atom. The Morgan fingerprint density at radius 1 is 1.36 bits per heavy atom. The van der Waals surface area contributed by atoms with Crippen molar-refractivity contribution in [1.29, 1.82) is 0 Å². The lowest BCUT2D eigenvalue weighted by molar-refractivity contribution is 1.30. The second kappa shape index (κ2) is 5.04. The van der Waals surface area contributed by atoms with E-state index in [-0.39, 0.29) is 0 Å². The van der Waals surface area contributed by atoms with E-state index in [0.717, 1.165) is 0 Å². The van der Waals surface area contributed by atoms with Gasteiger partial charge in [-0.15, -0.1) is 11.8 Å². The second-order valence-electron chi connectivity index (χ2n) is 2.30. The van der Waals surface area contributed by atoms with E-state index in [2.05, 4.69) is 53.8 Å². The molecule has 0 nitrogen and oxygen atoms in total. The minimum Gasteiger partial charge on any atom is -0.125 e. The Balaban J connectivity index is 2.62. The molecule has 0 fully saturated rings. The SMILES string of the molecule is Cc1ccccc1SCCI. The molecule has 1 aromatic rings. The molecule has 0 spiro atoms. The molecule has 1 aromatic carbocycles. The summed E-state index contributed by atoms with van der Waals surface area (Å²) in [5.74, 6) is 1.21. The number of hydrogen-bond donors (Lipinski definition) is 0. The Bertz CT molecular complexity index is 223. The van der Waals surface area contributed by atoms with Crippen molar-refractivity contribution in [3.05, 3.63) is 29.8 Å². The molecule has 0 N–H and O–H groups in total. The summed E-state index contributed by atoms with van der Waals surface area (Å²) in [5, 5.41) is 0. The molecule has 0 saturated heterocycles. The van der Waals surface area contributed by atoms with Crippen molar-refractivity contribution in [1.82, 2.24) is 0 Å². The van der Waals surface area contributed by atoms with Gasteiger partial charge in [0.05, 0.1) is 0 Å². The van der Waals surface area contributed by atoms with Crippen LogP contribution in [0.15, 0.2) is 29.2 Å². The van der Waals surface area contributed by atoms with E-state index < -0.39 is 0 Å². The molecule has 0 aliphatic heterocycles. The van der Waals surface area contributed by atoms with Crippen LogP contribution in [0.3, 0.4) is 0 Å². The molecule has 0 aromatic heterocycles. The van der Waals surface area contributed by atoms with Crippen molar-refractivity contribution in [2.45, 2.75) is 11.8 Å². The van der Waals surface area contributed by atoms with Crippen molar-refractivity contribution in [3.63, 3.8) is 0 Å². The van der Waals surface area contributed by atoms with Gasteiger partial charge >= 0.3 is 0 Å². The van der Waals surface area contributed by atoms with E-state index in [4.69, 9.17) is 0 Å². The number of thioether (sulfide) groups is 1. The van der Waals surface area contributed by atoms with Gasteiger partial charge in [-0.25, -0.2) is 0 Å². The Hall–Kier alpha value is 0.300. The van der Waals surface area contributed by atoms with Gasteiger partial charge in [-0.3, -0.25) is 0 Å². The fourth-order valence-electron chi connectivity index (χ4n) is 0.867. The number of aryl methyl sites for hydroxylation is 1. The summed E-state index contributed by atoms with van der Waals surface area (Å²) < 4.78 is 1.22. The van der Waals surface area contributed by atoms with E-state index >= 15 is 0 Å². The molecule has 0 amide bonds. The first kappa shape index (κ1) is 9.39. The van der Waals surface area contributed by atoms with Crippen LogP contribution in [0.25, 0.3) is 0 Å². The molecule has 0 bridgehead atoms. The van der Waals surface area contributed by atoms with Crippen molar-refractivity contribution < 1.29 is 0 Å². The monoisotopic (exact) mass is 278 g/mol. The highest BCUT2D eigenvalue weighted by Crippen LogP contribution is 2.21. The minimum absolute atomic E-state index is 1.21. The summed E-state index contributed by atoms with van der Waals surface area (Å²) in [6.07, 6.45) is 0. The van der Waals surface area contributed by atoms with Crippen LogP contribution in [-0.2, 0) is 0 Å². The highest BCUT2D eigenvalue weighted by atomic mass is 127. The Labute approximate surface area is 85.9 Å². The summed E-state index contributed by atoms with van der Waals surface area (Å²) in [5.41, 5.74) is 1.39. The molecule has 0 unspecified atom stereocenters. The van der Waals surface area contributed by atoms with Crippen molar-refractivity contribution in [2.75, 3.05) is 10.2 Å². The minimum atomic E-state index is 1.21. The Morgan fingerprint density at radius 2 is 2.09 bits per heavy atom. The van der Waals surface area contributed by atoms with Crippen molar-refractivity contribution in [2.24, 2.45) is 0 Å². The van der Waals surface area contributed by atoms with Gasteiger partial charge in [0, 0.05) is 15.1 Å². The summed E-state index contributed by atoms with van der Waals surface area (Å²) in [6.45, 7) is 2.16. The van der Waals surface area contributed by atoms with Crippen LogP contribution in [0.4, 0.5) is 0 Å². The third-order valence-corrected chi connectivity index (χ3v) is 3.88. The Kier molecular flexibility index (Phi) is 4.30. The molecule has 11 heavy (non-hydrogen) atoms. The maximum absolute atomic E-state index is 2.41. The first-order chi connectivity index (χ1) is 5.34. The third-order valence-electron chi connectivity index (χ3n) is 1.43. The second-order valence-corrected chi connectivity index (χ2v) is 4.52. The average Bonchev–Trinajstić information content (AvgIpc) is 2.03. The van der Waals surface area contributed by atoms with Gasteiger partial charge in [-0.1, -0.05) is 40.8 Å². The number of benzene rings is 1. The molecule has 0 heterocycles. The molecule has 0 radical (unpaired) electrons. The van der Waals surface area contributed by atoms with Crippen LogP contribution in [0.1, 0.15) is 5.56 Å². The van der Waals surface area contributed by atoms with Crippen LogP contribution in [0.2, 0.25) is 0 Å². The van der Waals surface area contributed by atoms with Crippen molar-refractivity contribution in [3.8, 4) is 0 Å². The molecule has 0 aliphatic rings. The van der Waals surface area contributed by atoms with Gasteiger partial charge in [-0.2, -0.15) is 0 Å². The molecule has 0 saturated carbocycles. The maximum atomic E-state index is 2.41. The molecule has 1 rings (SSSR count). The normalized spacial score (nSPS) is 10.0. The number of alkyl halides is 1. The number of hydrogen-bond acceptors (Lipinski definition) is 1. The van der Waals surface area contributed by atoms with Crippen LogP contribution in [-0.4, -0.2) is 10.2 Å². The number of rotatable bonds is 3. The van der Waals surface area contributed by atoms with Gasteiger partial charge in [0.25, 0.3) is 0 Å². The van der Waals surface area contributed by atoms with Crippen LogP contribution >= 0.6 is 34.4 Å². The van der Waals surface area contributed by atoms with Crippen LogP contribution in [0, 0.1) is 6.92 Å². The van der Waals surface area contributed by atoms with Crippen LogP contribution < -0.4 is 0 Å². The van der Waals surface area contributed by atoms with Gasteiger partial charge in [-0.05, 0) is 18.6 Å². The van der Waals surface area contributed by atoms with Crippen LogP contribution in [0.5, 0.6) is 0 Å². The predicted octanol–water partition coefficient (Wildman–Crippen LogP) is 3.52. The van der Waals surface area contributed by atoms with E-state index in [1.54, 1.807) is 0 Å². The van der Waals surface area contributed by atoms with Gasteiger partial charge < -0.3 is 0 Å². The summed E-state index contributed by atoms with van der Waals surface area (Å²) in [4.78, 5) is 1.42. The van der Waals surface area contributed by atoms with Crippen molar-refractivity contribution >= 4 is 34.4 Å². The fourth-order valence-corrected chi connectivity index (χ4v) is 2.30. The highest BCUT2D eigenvalue weighted by molar-refractivity contribution is 14.1. The molecule has 2 heteroatoms. The zero-order chi connectivity index (χ0) is 8.10. The topological polar surface area (TPSA) is 0 Å². The lowest BCUT2D eigenvalue weighted by Gasteiger charge is -2.01. The van der Waals surface area contributed by atoms with Gasteiger partial charge in [0.2, 0.25) is 0 Å². The molecular formula is C9H11IS. The third kappa shape index (κ3) is 3.03. The lowest BCUT2D eigenvalue weighted by atomic mass is 10.2. The predicted molar refractivity (Wildman–Crippen MR) is 60.8 cm³/mol. The molecule has 0 aliphatic carbocycles. The fraction of sp³-hybridized carbons (Fsp3) is 0.333. The molecule has 60 valence electrons. The lowest BCUT2D eigenvalue weighted by Crippen LogP contribution is -1.81. The standard InChI is InChI=1S/C9H11IS/c1-8-4-2-3-5-9(8)11-7-6-10/h2-5H,6-7H2,1H3. The van der Waals surface area contributed by atoms with E-state index in [1.807, 2.05) is 11.8 Å². The highest BCUT2D eigenvalue weighted by Gasteiger charge is 1.94. The smallest absolute Gasteiger partial charge is 0.0101 e. The summed E-state index contributed by atoms with van der Waals surface area (Å²) >= 11 is 4.34. The summed E-state index contributed by atoms with van der Waals surface area (Å²) in [6, 6.07) is 8.54. The average molecular weight is 278 g/mol. The van der Waals surface area contributed by atoms with E-state index in [9.17, 15) is 0 Å². The quantitative estimate of drug-likeness (QED) is 0.463. The number of halogens is 1. The largest absolute Gasteiger partial charge is 0.125 e. The van der Waals surface area contributed by atoms with E-state index in [0.29, 0.717) is 0 Å². The first-order valence-electron chi connectivity index (χ1n) is 3.59. The van der Waals surface area contributed by atoms with Gasteiger partial charge in [0.1, 0.15) is 0 Å². The summed E-state index contributed by atoms with van der Waals surface area (Å²) in [7, 11) is 0. The first-order valence-corrected chi connectivity index (χ1v) is 6.10. The van der Waals surface area contributed by atoms with Gasteiger partial charge in [0.15, 0.2) is 0 Å². The molecule has 0 atom stereocenters. The zero-order valence-electron chi connectivity index (χ0n) is 6.51. The molecular weight excluding hydrogens is 267 g/mol. The maximum Gasteiger partial charge on any atom is 0.0101 e. The van der Waals surface area contributed by atoms with E-state index in [1.165, 1.54) is 20.6 Å². The zero-order valence-corrected chi connectivity index (χ0v) is 9.48.